The molecule has 1 aliphatic rings. The number of benzene rings is 1. The minimum atomic E-state index is -1.43. The molecule has 9 nitrogen and oxygen atoms in total. The topological polar surface area (TPSA) is 118 Å². The fourth-order valence-corrected chi connectivity index (χ4v) is 2.78. The highest BCUT2D eigenvalue weighted by Gasteiger charge is 2.50. The molecule has 2 rings (SSSR count). The minimum Gasteiger partial charge on any atom is -0.463 e. The molecule has 1 N–H and O–H groups in total. The van der Waals surface area contributed by atoms with Gasteiger partial charge in [0, 0.05) is 20.8 Å². The zero-order valence-electron chi connectivity index (χ0n) is 15.9. The van der Waals surface area contributed by atoms with Crippen molar-refractivity contribution in [1.82, 2.24) is 0 Å². The molecule has 5 atom stereocenters. The van der Waals surface area contributed by atoms with Crippen molar-refractivity contribution in [2.75, 3.05) is 6.61 Å². The van der Waals surface area contributed by atoms with E-state index in [9.17, 15) is 19.5 Å². The Labute approximate surface area is 162 Å². The minimum absolute atomic E-state index is 0.119. The van der Waals surface area contributed by atoms with Crippen molar-refractivity contribution in [3.05, 3.63) is 35.9 Å². The van der Waals surface area contributed by atoms with E-state index in [4.69, 9.17) is 23.7 Å². The number of aliphatic hydroxyl groups excluding tert-OH is 1. The molecular formula is C19H24O9. The third-order valence-electron chi connectivity index (χ3n) is 3.93. The molecule has 1 heterocycles. The quantitative estimate of drug-likeness (QED) is 0.525. The first-order valence-corrected chi connectivity index (χ1v) is 8.74. The number of carbonyl (C=O) groups is 3. The third kappa shape index (κ3) is 6.29. The molecule has 0 bridgehead atoms. The number of hydrogen-bond donors (Lipinski definition) is 1. The van der Waals surface area contributed by atoms with Crippen molar-refractivity contribution in [3.8, 4) is 0 Å². The summed E-state index contributed by atoms with van der Waals surface area (Å²) in [6.45, 7) is 3.38. The lowest BCUT2D eigenvalue weighted by Gasteiger charge is -2.42. The van der Waals surface area contributed by atoms with E-state index in [1.807, 2.05) is 30.3 Å². The fraction of sp³-hybridized carbons (Fsp3) is 0.526. The van der Waals surface area contributed by atoms with Gasteiger partial charge in [0.05, 0.1) is 6.61 Å². The first-order chi connectivity index (χ1) is 13.3. The molecule has 1 saturated heterocycles. The summed E-state index contributed by atoms with van der Waals surface area (Å²) >= 11 is 0. The molecule has 0 radical (unpaired) electrons. The monoisotopic (exact) mass is 396 g/mol. The van der Waals surface area contributed by atoms with Crippen molar-refractivity contribution in [3.63, 3.8) is 0 Å². The number of aliphatic hydroxyl groups is 1. The highest BCUT2D eigenvalue weighted by Crippen LogP contribution is 2.28. The molecule has 0 saturated carbocycles. The lowest BCUT2D eigenvalue weighted by molar-refractivity contribution is -0.308. The van der Waals surface area contributed by atoms with E-state index in [2.05, 4.69) is 0 Å². The van der Waals surface area contributed by atoms with Gasteiger partial charge in [-0.3, -0.25) is 14.4 Å². The highest BCUT2D eigenvalue weighted by molar-refractivity contribution is 5.67. The van der Waals surface area contributed by atoms with Crippen LogP contribution in [0, 0.1) is 0 Å². The Morgan fingerprint density at radius 3 is 2.14 bits per heavy atom. The van der Waals surface area contributed by atoms with Crippen molar-refractivity contribution < 1.29 is 43.2 Å². The predicted octanol–water partition coefficient (Wildman–Crippen LogP) is 0.715. The Kier molecular flexibility index (Phi) is 7.91. The molecule has 0 spiro atoms. The summed E-state index contributed by atoms with van der Waals surface area (Å²) in [5.41, 5.74) is 0.834. The van der Waals surface area contributed by atoms with E-state index in [1.54, 1.807) is 0 Å². The second-order valence-corrected chi connectivity index (χ2v) is 6.28. The van der Waals surface area contributed by atoms with E-state index < -0.39 is 48.6 Å². The highest BCUT2D eigenvalue weighted by atomic mass is 16.7. The summed E-state index contributed by atoms with van der Waals surface area (Å²) in [5.74, 6) is -1.92. The second-order valence-electron chi connectivity index (χ2n) is 6.28. The van der Waals surface area contributed by atoms with Crippen LogP contribution in [-0.2, 0) is 44.7 Å². The summed E-state index contributed by atoms with van der Waals surface area (Å²) in [6.07, 6.45) is -6.05. The average molecular weight is 396 g/mol. The molecule has 9 heteroatoms. The zero-order chi connectivity index (χ0) is 20.7. The molecule has 28 heavy (non-hydrogen) atoms. The van der Waals surface area contributed by atoms with Gasteiger partial charge in [0.25, 0.3) is 0 Å². The van der Waals surface area contributed by atoms with Gasteiger partial charge in [0.1, 0.15) is 18.8 Å². The van der Waals surface area contributed by atoms with Crippen LogP contribution in [0.15, 0.2) is 30.3 Å². The number of ether oxygens (including phenoxy) is 5. The Bertz CT molecular complexity index is 675. The summed E-state index contributed by atoms with van der Waals surface area (Å²) in [6, 6.07) is 9.18. The number of esters is 3. The molecule has 1 aromatic carbocycles. The SMILES string of the molecule is CC(=O)OC[C@H]1O[C@@H](OCc2ccccc2)[C@H](O)[C@@H](OC(C)=O)[C@@H]1OC(C)=O. The maximum Gasteiger partial charge on any atom is 0.303 e. The number of rotatable bonds is 7. The van der Waals surface area contributed by atoms with Crippen LogP contribution in [0.1, 0.15) is 26.3 Å². The second kappa shape index (κ2) is 10.2. The molecule has 1 fully saturated rings. The van der Waals surface area contributed by atoms with Gasteiger partial charge in [-0.1, -0.05) is 30.3 Å². The van der Waals surface area contributed by atoms with Gasteiger partial charge < -0.3 is 28.8 Å². The molecule has 1 aliphatic heterocycles. The van der Waals surface area contributed by atoms with Crippen LogP contribution in [0.3, 0.4) is 0 Å². The van der Waals surface area contributed by atoms with Crippen LogP contribution >= 0.6 is 0 Å². The molecule has 0 amide bonds. The van der Waals surface area contributed by atoms with Gasteiger partial charge >= 0.3 is 17.9 Å². The van der Waals surface area contributed by atoms with Crippen LogP contribution in [0.4, 0.5) is 0 Å². The number of hydrogen-bond acceptors (Lipinski definition) is 9. The van der Waals surface area contributed by atoms with E-state index in [-0.39, 0.29) is 13.2 Å². The first kappa shape index (κ1) is 21.8. The van der Waals surface area contributed by atoms with Crippen molar-refractivity contribution in [2.24, 2.45) is 0 Å². The Balaban J connectivity index is 2.19. The smallest absolute Gasteiger partial charge is 0.303 e. The van der Waals surface area contributed by atoms with E-state index in [0.717, 1.165) is 19.4 Å². The van der Waals surface area contributed by atoms with Crippen LogP contribution < -0.4 is 0 Å². The first-order valence-electron chi connectivity index (χ1n) is 8.74. The molecule has 1 aromatic rings. The van der Waals surface area contributed by atoms with Crippen LogP contribution in [0.5, 0.6) is 0 Å². The van der Waals surface area contributed by atoms with Crippen molar-refractivity contribution in [2.45, 2.75) is 58.1 Å². The van der Waals surface area contributed by atoms with E-state index >= 15 is 0 Å². The molecule has 0 unspecified atom stereocenters. The largest absolute Gasteiger partial charge is 0.463 e. The van der Waals surface area contributed by atoms with Gasteiger partial charge in [-0.05, 0) is 5.56 Å². The van der Waals surface area contributed by atoms with Gasteiger partial charge in [-0.15, -0.1) is 0 Å². The van der Waals surface area contributed by atoms with E-state index in [1.165, 1.54) is 6.92 Å². The normalized spacial score (nSPS) is 26.9. The summed E-state index contributed by atoms with van der Waals surface area (Å²) in [7, 11) is 0. The Morgan fingerprint density at radius 1 is 0.964 bits per heavy atom. The Morgan fingerprint density at radius 2 is 1.57 bits per heavy atom. The maximum atomic E-state index is 11.5. The van der Waals surface area contributed by atoms with E-state index in [0.29, 0.717) is 0 Å². The lowest BCUT2D eigenvalue weighted by Crippen LogP contribution is -2.61. The zero-order valence-corrected chi connectivity index (χ0v) is 15.9. The van der Waals surface area contributed by atoms with Crippen LogP contribution in [0.2, 0.25) is 0 Å². The van der Waals surface area contributed by atoms with Crippen LogP contribution in [0.25, 0.3) is 0 Å². The predicted molar refractivity (Wildman–Crippen MR) is 93.6 cm³/mol. The molecule has 154 valence electrons. The fourth-order valence-electron chi connectivity index (χ4n) is 2.78. The maximum absolute atomic E-state index is 11.5. The van der Waals surface area contributed by atoms with Crippen LogP contribution in [-0.4, -0.2) is 60.3 Å². The molecule has 0 aromatic heterocycles. The van der Waals surface area contributed by atoms with Crippen molar-refractivity contribution in [1.29, 1.82) is 0 Å². The molecular weight excluding hydrogens is 372 g/mol. The van der Waals surface area contributed by atoms with Gasteiger partial charge in [0.15, 0.2) is 18.5 Å². The lowest BCUT2D eigenvalue weighted by atomic mass is 9.98. The van der Waals surface area contributed by atoms with Crippen molar-refractivity contribution >= 4 is 17.9 Å². The summed E-state index contributed by atoms with van der Waals surface area (Å²) < 4.78 is 26.6. The van der Waals surface area contributed by atoms with Gasteiger partial charge in [-0.25, -0.2) is 0 Å². The molecule has 0 aliphatic carbocycles. The van der Waals surface area contributed by atoms with Gasteiger partial charge in [-0.2, -0.15) is 0 Å². The Hall–Kier alpha value is -2.49. The standard InChI is InChI=1S/C19H24O9/c1-11(20)24-10-15-17(26-12(2)21)18(27-13(3)22)16(23)19(28-15)25-9-14-7-5-4-6-8-14/h4-8,15-19,23H,9-10H2,1-3H3/t15-,16-,17-,18-,19-/m1/s1. The van der Waals surface area contributed by atoms with Gasteiger partial charge in [0.2, 0.25) is 0 Å². The third-order valence-corrected chi connectivity index (χ3v) is 3.93. The number of carbonyl (C=O) groups excluding carboxylic acids is 3. The average Bonchev–Trinajstić information content (AvgIpc) is 2.63. The summed E-state index contributed by atoms with van der Waals surface area (Å²) in [5, 5.41) is 10.6. The summed E-state index contributed by atoms with van der Waals surface area (Å²) in [4.78, 5) is 34.2.